The monoisotopic (exact) mass is 252 g/mol. The lowest BCUT2D eigenvalue weighted by molar-refractivity contribution is 0.422. The molecule has 0 bridgehead atoms. The number of pyridine rings is 1. The van der Waals surface area contributed by atoms with E-state index in [1.54, 1.807) is 18.3 Å². The molecule has 94 valence electrons. The van der Waals surface area contributed by atoms with Crippen molar-refractivity contribution in [3.63, 3.8) is 0 Å². The molecule has 0 amide bonds. The molecule has 5 heteroatoms. The van der Waals surface area contributed by atoms with Crippen LogP contribution in [0.1, 0.15) is 11.4 Å². The number of hydrogen-bond donors (Lipinski definition) is 1. The number of rotatable bonds is 3. The summed E-state index contributed by atoms with van der Waals surface area (Å²) in [7, 11) is 0. The van der Waals surface area contributed by atoms with E-state index >= 15 is 0 Å². The van der Waals surface area contributed by atoms with Crippen LogP contribution >= 0.6 is 0 Å². The van der Waals surface area contributed by atoms with Crippen molar-refractivity contribution in [3.05, 3.63) is 60.0 Å². The molecule has 0 saturated heterocycles. The molecule has 3 rings (SSSR count). The van der Waals surface area contributed by atoms with Crippen molar-refractivity contribution in [1.29, 1.82) is 0 Å². The number of nitrogens with two attached hydrogens (primary N) is 1. The van der Waals surface area contributed by atoms with Gasteiger partial charge in [0.05, 0.1) is 11.9 Å². The van der Waals surface area contributed by atoms with Gasteiger partial charge in [-0.3, -0.25) is 0 Å². The molecule has 0 atom stereocenters. The van der Waals surface area contributed by atoms with Gasteiger partial charge in [0.15, 0.2) is 5.82 Å². The lowest BCUT2D eigenvalue weighted by Gasteiger charge is -1.94. The van der Waals surface area contributed by atoms with Crippen molar-refractivity contribution in [2.75, 3.05) is 5.73 Å². The second-order valence-corrected chi connectivity index (χ2v) is 4.15. The number of benzene rings is 1. The van der Waals surface area contributed by atoms with E-state index in [-0.39, 0.29) is 0 Å². The highest BCUT2D eigenvalue weighted by Gasteiger charge is 2.10. The van der Waals surface area contributed by atoms with Gasteiger partial charge in [0, 0.05) is 6.42 Å². The highest BCUT2D eigenvalue weighted by atomic mass is 16.5. The van der Waals surface area contributed by atoms with Crippen LogP contribution in [-0.2, 0) is 6.42 Å². The largest absolute Gasteiger partial charge is 0.397 e. The average Bonchev–Trinajstić information content (AvgIpc) is 2.89. The molecule has 2 heterocycles. The molecule has 0 radical (unpaired) electrons. The molecule has 19 heavy (non-hydrogen) atoms. The molecule has 2 N–H and O–H groups in total. The van der Waals surface area contributed by atoms with Crippen LogP contribution < -0.4 is 5.73 Å². The number of nitrogen functional groups attached to an aromatic ring is 1. The fourth-order valence-corrected chi connectivity index (χ4v) is 1.74. The van der Waals surface area contributed by atoms with E-state index in [0.717, 1.165) is 5.56 Å². The Bertz CT molecular complexity index is 661. The summed E-state index contributed by atoms with van der Waals surface area (Å²) >= 11 is 0. The molecule has 0 unspecified atom stereocenters. The van der Waals surface area contributed by atoms with Crippen LogP contribution in [0.5, 0.6) is 0 Å². The third-order valence-electron chi connectivity index (χ3n) is 2.68. The summed E-state index contributed by atoms with van der Waals surface area (Å²) in [5, 5.41) is 3.95. The zero-order chi connectivity index (χ0) is 13.1. The molecule has 2 aromatic heterocycles. The zero-order valence-electron chi connectivity index (χ0n) is 10.2. The van der Waals surface area contributed by atoms with Gasteiger partial charge in [-0.2, -0.15) is 4.98 Å². The number of aromatic nitrogens is 3. The van der Waals surface area contributed by atoms with Crippen molar-refractivity contribution in [2.45, 2.75) is 6.42 Å². The fraction of sp³-hybridized carbons (Fsp3) is 0.0714. The Kier molecular flexibility index (Phi) is 2.94. The topological polar surface area (TPSA) is 77.8 Å². The fourth-order valence-electron chi connectivity index (χ4n) is 1.74. The van der Waals surface area contributed by atoms with Gasteiger partial charge >= 0.3 is 0 Å². The number of nitrogens with zero attached hydrogens (tertiary/aromatic N) is 3. The molecule has 0 fully saturated rings. The molecule has 5 nitrogen and oxygen atoms in total. The Morgan fingerprint density at radius 3 is 2.63 bits per heavy atom. The standard InChI is InChI=1S/C14H12N4O/c15-11-6-7-12(16-9-11)14-17-13(18-19-14)8-10-4-2-1-3-5-10/h1-7,9H,8,15H2. The zero-order valence-corrected chi connectivity index (χ0v) is 10.2. The Hall–Kier alpha value is -2.69. The predicted molar refractivity (Wildman–Crippen MR) is 71.2 cm³/mol. The summed E-state index contributed by atoms with van der Waals surface area (Å²) < 4.78 is 5.20. The van der Waals surface area contributed by atoms with Gasteiger partial charge in [-0.15, -0.1) is 0 Å². The van der Waals surface area contributed by atoms with Gasteiger partial charge in [0.2, 0.25) is 0 Å². The van der Waals surface area contributed by atoms with Crippen LogP contribution in [0.15, 0.2) is 53.2 Å². The summed E-state index contributed by atoms with van der Waals surface area (Å²) in [6.07, 6.45) is 2.20. The van der Waals surface area contributed by atoms with Gasteiger partial charge in [-0.1, -0.05) is 35.5 Å². The van der Waals surface area contributed by atoms with Crippen molar-refractivity contribution in [3.8, 4) is 11.6 Å². The van der Waals surface area contributed by atoms with Gasteiger partial charge in [-0.05, 0) is 17.7 Å². The lowest BCUT2D eigenvalue weighted by atomic mass is 10.1. The second kappa shape index (κ2) is 4.89. The third kappa shape index (κ3) is 2.60. The second-order valence-electron chi connectivity index (χ2n) is 4.15. The Morgan fingerprint density at radius 1 is 1.05 bits per heavy atom. The molecular weight excluding hydrogens is 240 g/mol. The predicted octanol–water partition coefficient (Wildman–Crippen LogP) is 2.30. The van der Waals surface area contributed by atoms with Crippen LogP contribution in [-0.4, -0.2) is 15.1 Å². The van der Waals surface area contributed by atoms with E-state index in [1.807, 2.05) is 30.3 Å². The maximum atomic E-state index is 5.58. The van der Waals surface area contributed by atoms with E-state index in [0.29, 0.717) is 29.5 Å². The minimum Gasteiger partial charge on any atom is -0.397 e. The third-order valence-corrected chi connectivity index (χ3v) is 2.68. The summed E-state index contributed by atoms with van der Waals surface area (Å²) in [6.45, 7) is 0. The summed E-state index contributed by atoms with van der Waals surface area (Å²) in [4.78, 5) is 8.47. The van der Waals surface area contributed by atoms with Crippen LogP contribution in [0, 0.1) is 0 Å². The number of hydrogen-bond acceptors (Lipinski definition) is 5. The van der Waals surface area contributed by atoms with Crippen LogP contribution in [0.3, 0.4) is 0 Å². The average molecular weight is 252 g/mol. The first kappa shape index (κ1) is 11.4. The van der Waals surface area contributed by atoms with E-state index < -0.39 is 0 Å². The quantitative estimate of drug-likeness (QED) is 0.773. The molecule has 0 aliphatic heterocycles. The van der Waals surface area contributed by atoms with Crippen molar-refractivity contribution < 1.29 is 4.52 Å². The van der Waals surface area contributed by atoms with Gasteiger partial charge in [0.25, 0.3) is 5.89 Å². The van der Waals surface area contributed by atoms with E-state index in [2.05, 4.69) is 15.1 Å². The Balaban J connectivity index is 1.82. The first-order chi connectivity index (χ1) is 9.31. The van der Waals surface area contributed by atoms with Gasteiger partial charge in [0.1, 0.15) is 5.69 Å². The van der Waals surface area contributed by atoms with Gasteiger partial charge in [-0.25, -0.2) is 4.98 Å². The summed E-state index contributed by atoms with van der Waals surface area (Å²) in [5.74, 6) is 1.05. The SMILES string of the molecule is Nc1ccc(-c2nc(Cc3ccccc3)no2)nc1. The molecule has 0 aliphatic rings. The van der Waals surface area contributed by atoms with E-state index in [9.17, 15) is 0 Å². The number of anilines is 1. The maximum Gasteiger partial charge on any atom is 0.276 e. The highest BCUT2D eigenvalue weighted by Crippen LogP contribution is 2.16. The van der Waals surface area contributed by atoms with E-state index in [4.69, 9.17) is 10.3 Å². The normalized spacial score (nSPS) is 10.5. The van der Waals surface area contributed by atoms with Gasteiger partial charge < -0.3 is 10.3 Å². The molecule has 0 spiro atoms. The molecule has 3 aromatic rings. The first-order valence-corrected chi connectivity index (χ1v) is 5.90. The van der Waals surface area contributed by atoms with Crippen LogP contribution in [0.2, 0.25) is 0 Å². The Labute approximate surface area is 110 Å². The van der Waals surface area contributed by atoms with E-state index in [1.165, 1.54) is 0 Å². The maximum absolute atomic E-state index is 5.58. The Morgan fingerprint density at radius 2 is 1.89 bits per heavy atom. The van der Waals surface area contributed by atoms with Crippen LogP contribution in [0.4, 0.5) is 5.69 Å². The highest BCUT2D eigenvalue weighted by molar-refractivity contribution is 5.50. The van der Waals surface area contributed by atoms with Crippen molar-refractivity contribution in [1.82, 2.24) is 15.1 Å². The molecule has 1 aromatic carbocycles. The smallest absolute Gasteiger partial charge is 0.276 e. The van der Waals surface area contributed by atoms with Crippen molar-refractivity contribution >= 4 is 5.69 Å². The molecule has 0 saturated carbocycles. The minimum absolute atomic E-state index is 0.408. The summed E-state index contributed by atoms with van der Waals surface area (Å²) in [6, 6.07) is 13.5. The van der Waals surface area contributed by atoms with Crippen molar-refractivity contribution in [2.24, 2.45) is 0 Å². The molecule has 0 aliphatic carbocycles. The van der Waals surface area contributed by atoms with Crippen LogP contribution in [0.25, 0.3) is 11.6 Å². The minimum atomic E-state index is 0.408. The first-order valence-electron chi connectivity index (χ1n) is 5.90. The molecular formula is C14H12N4O. The summed E-state index contributed by atoms with van der Waals surface area (Å²) in [5.41, 5.74) is 7.95. The lowest BCUT2D eigenvalue weighted by Crippen LogP contribution is -1.91.